The molecule has 0 aliphatic carbocycles. The van der Waals surface area contributed by atoms with E-state index in [-0.39, 0.29) is 11.9 Å². The van der Waals surface area contributed by atoms with Gasteiger partial charge in [0.15, 0.2) is 0 Å². The molecule has 1 unspecified atom stereocenters. The highest BCUT2D eigenvalue weighted by Gasteiger charge is 2.30. The molecule has 1 aromatic rings. The number of nitrogens with zero attached hydrogens (tertiary/aromatic N) is 2. The first kappa shape index (κ1) is 17.4. The minimum absolute atomic E-state index is 0.0178. The molecule has 1 amide bonds. The second-order valence-corrected chi connectivity index (χ2v) is 8.21. The minimum Gasteiger partial charge on any atom is -0.333 e. The van der Waals surface area contributed by atoms with Crippen molar-refractivity contribution in [3.05, 3.63) is 33.8 Å². The van der Waals surface area contributed by atoms with Crippen molar-refractivity contribution in [1.29, 1.82) is 0 Å². The van der Waals surface area contributed by atoms with Gasteiger partial charge in [0, 0.05) is 23.9 Å². The third-order valence-corrected chi connectivity index (χ3v) is 6.29. The van der Waals surface area contributed by atoms with E-state index in [0.29, 0.717) is 15.6 Å². The van der Waals surface area contributed by atoms with E-state index in [1.165, 1.54) is 12.8 Å². The summed E-state index contributed by atoms with van der Waals surface area (Å²) in [5.41, 5.74) is 0.525. The molecule has 2 heterocycles. The van der Waals surface area contributed by atoms with Crippen LogP contribution in [0.25, 0.3) is 0 Å². The van der Waals surface area contributed by atoms with Crippen LogP contribution in [0.3, 0.4) is 0 Å². The lowest BCUT2D eigenvalue weighted by Crippen LogP contribution is -2.47. The molecule has 0 spiro atoms. The third kappa shape index (κ3) is 4.36. The Balaban J connectivity index is 1.80. The van der Waals surface area contributed by atoms with E-state index in [2.05, 4.69) is 4.90 Å². The van der Waals surface area contributed by atoms with Crippen molar-refractivity contribution in [3.8, 4) is 0 Å². The molecule has 2 saturated heterocycles. The van der Waals surface area contributed by atoms with Gasteiger partial charge in [-0.1, -0.05) is 23.2 Å². The number of carbonyl (C=O) groups is 1. The van der Waals surface area contributed by atoms with Gasteiger partial charge >= 0.3 is 0 Å². The molecule has 6 heteroatoms. The van der Waals surface area contributed by atoms with E-state index < -0.39 is 0 Å². The van der Waals surface area contributed by atoms with E-state index in [4.69, 9.17) is 23.2 Å². The maximum Gasteiger partial charge on any atom is 0.255 e. The van der Waals surface area contributed by atoms with Crippen LogP contribution >= 0.6 is 35.0 Å². The van der Waals surface area contributed by atoms with Gasteiger partial charge in [0.25, 0.3) is 5.91 Å². The summed E-state index contributed by atoms with van der Waals surface area (Å²) in [6.07, 6.45) is 3.58. The van der Waals surface area contributed by atoms with Crippen molar-refractivity contribution in [2.24, 2.45) is 0 Å². The zero-order valence-corrected chi connectivity index (χ0v) is 15.5. The summed E-state index contributed by atoms with van der Waals surface area (Å²) in [7, 11) is 0. The number of likely N-dealkylation sites (tertiary alicyclic amines) is 1. The Labute approximate surface area is 152 Å². The first-order valence-corrected chi connectivity index (χ1v) is 10.1. The van der Waals surface area contributed by atoms with Crippen LogP contribution in [0.5, 0.6) is 0 Å². The summed E-state index contributed by atoms with van der Waals surface area (Å²) in [4.78, 5) is 17.6. The van der Waals surface area contributed by atoms with Crippen LogP contribution in [0.1, 0.15) is 29.6 Å². The van der Waals surface area contributed by atoms with Gasteiger partial charge in [-0.15, -0.1) is 0 Å². The highest BCUT2D eigenvalue weighted by atomic mass is 35.5. The van der Waals surface area contributed by atoms with Gasteiger partial charge in [-0.3, -0.25) is 4.79 Å². The van der Waals surface area contributed by atoms with Gasteiger partial charge in [0.2, 0.25) is 0 Å². The maximum atomic E-state index is 13.1. The lowest BCUT2D eigenvalue weighted by Gasteiger charge is -2.33. The van der Waals surface area contributed by atoms with Crippen LogP contribution in [-0.4, -0.2) is 59.4 Å². The Bertz CT molecular complexity index is 564. The fourth-order valence-corrected chi connectivity index (χ4v) is 4.75. The normalized spacial score (nSPS) is 23.0. The number of hydrogen-bond donors (Lipinski definition) is 0. The fraction of sp³-hybridized carbons (Fsp3) is 0.588. The van der Waals surface area contributed by atoms with Crippen molar-refractivity contribution in [2.75, 3.05) is 37.7 Å². The van der Waals surface area contributed by atoms with Crippen molar-refractivity contribution >= 4 is 40.9 Å². The predicted molar refractivity (Wildman–Crippen MR) is 98.9 cm³/mol. The summed E-state index contributed by atoms with van der Waals surface area (Å²) >= 11 is 14.3. The number of halogens is 2. The SMILES string of the molecule is O=C(c1cc(Cl)ccc1Cl)N1CCCSCC1CN1CCCC1. The van der Waals surface area contributed by atoms with Gasteiger partial charge in [-0.25, -0.2) is 0 Å². The Hall–Kier alpha value is -0.420. The van der Waals surface area contributed by atoms with Crippen LogP contribution in [0.2, 0.25) is 10.0 Å². The van der Waals surface area contributed by atoms with Crippen LogP contribution in [0.4, 0.5) is 0 Å². The summed E-state index contributed by atoms with van der Waals surface area (Å²) in [6, 6.07) is 5.37. The molecule has 2 fully saturated rings. The molecule has 1 aromatic carbocycles. The van der Waals surface area contributed by atoms with Crippen molar-refractivity contribution in [3.63, 3.8) is 0 Å². The third-order valence-electron chi connectivity index (χ3n) is 4.53. The molecular weight excluding hydrogens is 351 g/mol. The number of rotatable bonds is 3. The zero-order chi connectivity index (χ0) is 16.2. The second kappa shape index (κ2) is 8.11. The molecule has 1 atom stereocenters. The average molecular weight is 373 g/mol. The molecule has 0 N–H and O–H groups in total. The van der Waals surface area contributed by atoms with Crippen LogP contribution < -0.4 is 0 Å². The first-order valence-electron chi connectivity index (χ1n) is 8.21. The molecular formula is C17H22Cl2N2OS. The largest absolute Gasteiger partial charge is 0.333 e. The van der Waals surface area contributed by atoms with Crippen molar-refractivity contribution < 1.29 is 4.79 Å². The molecule has 2 aliphatic rings. The lowest BCUT2D eigenvalue weighted by molar-refractivity contribution is 0.0667. The minimum atomic E-state index is 0.0178. The molecule has 0 saturated carbocycles. The monoisotopic (exact) mass is 372 g/mol. The van der Waals surface area contributed by atoms with Crippen molar-refractivity contribution in [1.82, 2.24) is 9.80 Å². The molecule has 126 valence electrons. The van der Waals surface area contributed by atoms with Crippen molar-refractivity contribution in [2.45, 2.75) is 25.3 Å². The van der Waals surface area contributed by atoms with Gasteiger partial charge in [-0.05, 0) is 56.3 Å². The lowest BCUT2D eigenvalue weighted by atomic mass is 10.1. The Kier molecular flexibility index (Phi) is 6.13. The summed E-state index contributed by atoms with van der Waals surface area (Å²) < 4.78 is 0. The Morgan fingerprint density at radius 1 is 1.17 bits per heavy atom. The molecule has 0 bridgehead atoms. The van der Waals surface area contributed by atoms with Crippen LogP contribution in [0.15, 0.2) is 18.2 Å². The van der Waals surface area contributed by atoms with Gasteiger partial charge in [0.1, 0.15) is 0 Å². The van der Waals surface area contributed by atoms with Crippen LogP contribution in [0, 0.1) is 0 Å². The summed E-state index contributed by atoms with van der Waals surface area (Å²) in [5, 5.41) is 1.04. The Morgan fingerprint density at radius 3 is 2.74 bits per heavy atom. The highest BCUT2D eigenvalue weighted by molar-refractivity contribution is 7.99. The van der Waals surface area contributed by atoms with E-state index in [0.717, 1.165) is 44.1 Å². The standard InChI is InChI=1S/C17H22Cl2N2OS/c18-13-4-5-16(19)15(10-13)17(22)21-8-3-9-23-12-14(21)11-20-6-1-2-7-20/h4-5,10,14H,1-3,6-9,11-12H2. The number of hydrogen-bond acceptors (Lipinski definition) is 3. The smallest absolute Gasteiger partial charge is 0.255 e. The first-order chi connectivity index (χ1) is 11.1. The molecule has 23 heavy (non-hydrogen) atoms. The number of thioether (sulfide) groups is 1. The number of benzene rings is 1. The Morgan fingerprint density at radius 2 is 1.96 bits per heavy atom. The quantitative estimate of drug-likeness (QED) is 0.799. The van der Waals surface area contributed by atoms with Crippen LogP contribution in [-0.2, 0) is 0 Å². The van der Waals surface area contributed by atoms with E-state index >= 15 is 0 Å². The van der Waals surface area contributed by atoms with Gasteiger partial charge < -0.3 is 9.80 Å². The van der Waals surface area contributed by atoms with Gasteiger partial charge in [-0.2, -0.15) is 11.8 Å². The number of carbonyl (C=O) groups excluding carboxylic acids is 1. The number of amides is 1. The summed E-state index contributed by atoms with van der Waals surface area (Å²) in [5.74, 6) is 2.13. The second-order valence-electron chi connectivity index (χ2n) is 6.21. The molecule has 0 radical (unpaired) electrons. The zero-order valence-electron chi connectivity index (χ0n) is 13.1. The average Bonchev–Trinajstić information content (AvgIpc) is 2.94. The van der Waals surface area contributed by atoms with E-state index in [1.54, 1.807) is 18.2 Å². The van der Waals surface area contributed by atoms with E-state index in [9.17, 15) is 4.79 Å². The molecule has 0 aromatic heterocycles. The fourth-order valence-electron chi connectivity index (χ4n) is 3.33. The molecule has 2 aliphatic heterocycles. The molecule has 3 rings (SSSR count). The van der Waals surface area contributed by atoms with E-state index in [1.807, 2.05) is 16.7 Å². The van der Waals surface area contributed by atoms with Gasteiger partial charge in [0.05, 0.1) is 16.6 Å². The topological polar surface area (TPSA) is 23.6 Å². The molecule has 3 nitrogen and oxygen atoms in total. The highest BCUT2D eigenvalue weighted by Crippen LogP contribution is 2.26. The predicted octanol–water partition coefficient (Wildman–Crippen LogP) is 4.04. The maximum absolute atomic E-state index is 13.1. The summed E-state index contributed by atoms with van der Waals surface area (Å²) in [6.45, 7) is 4.08.